The van der Waals surface area contributed by atoms with Gasteiger partial charge in [-0.15, -0.1) is 11.6 Å². The van der Waals surface area contributed by atoms with Crippen LogP contribution in [0.5, 0.6) is 0 Å². The maximum absolute atomic E-state index is 12.7. The molecule has 90 valence electrons. The molecule has 1 heterocycles. The first-order valence-electron chi connectivity index (χ1n) is 5.04. The number of rotatable bonds is 3. The van der Waals surface area contributed by atoms with Crippen molar-refractivity contribution in [2.24, 2.45) is 0 Å². The fourth-order valence-corrected chi connectivity index (χ4v) is 1.99. The van der Waals surface area contributed by atoms with Crippen molar-refractivity contribution in [1.29, 1.82) is 0 Å². The van der Waals surface area contributed by atoms with Crippen molar-refractivity contribution in [3.05, 3.63) is 29.6 Å². The molecule has 0 saturated heterocycles. The van der Waals surface area contributed by atoms with Gasteiger partial charge in [-0.25, -0.2) is 0 Å². The van der Waals surface area contributed by atoms with E-state index in [-0.39, 0.29) is 17.0 Å². The third-order valence-electron chi connectivity index (χ3n) is 2.49. The topological polar surface area (TPSA) is 12.9 Å². The van der Waals surface area contributed by atoms with Crippen molar-refractivity contribution in [2.75, 3.05) is 0 Å². The van der Waals surface area contributed by atoms with E-state index < -0.39 is 11.7 Å². The Kier molecular flexibility index (Phi) is 4.19. The van der Waals surface area contributed by atoms with Crippen LogP contribution in [0, 0.1) is 0 Å². The van der Waals surface area contributed by atoms with Crippen LogP contribution in [0.4, 0.5) is 13.2 Å². The molecule has 1 rings (SSSR count). The van der Waals surface area contributed by atoms with E-state index in [0.29, 0.717) is 6.42 Å². The molecule has 2 unspecified atom stereocenters. The Morgan fingerprint density at radius 2 is 2.06 bits per heavy atom. The fraction of sp³-hybridized carbons (Fsp3) is 0.545. The number of aromatic nitrogens is 1. The molecule has 0 spiro atoms. The SMILES string of the molecule is CCC(c1ncccc1C(F)(F)F)C(C)Cl. The van der Waals surface area contributed by atoms with Crippen LogP contribution in [0.2, 0.25) is 0 Å². The molecule has 0 aliphatic rings. The number of halogens is 4. The summed E-state index contributed by atoms with van der Waals surface area (Å²) in [5.74, 6) is -0.375. The smallest absolute Gasteiger partial charge is 0.260 e. The molecule has 0 amide bonds. The summed E-state index contributed by atoms with van der Waals surface area (Å²) in [5.41, 5.74) is -0.644. The average molecular weight is 252 g/mol. The van der Waals surface area contributed by atoms with E-state index in [2.05, 4.69) is 4.98 Å². The van der Waals surface area contributed by atoms with Gasteiger partial charge in [-0.3, -0.25) is 4.98 Å². The highest BCUT2D eigenvalue weighted by atomic mass is 35.5. The van der Waals surface area contributed by atoms with Crippen molar-refractivity contribution >= 4 is 11.6 Å². The van der Waals surface area contributed by atoms with Gasteiger partial charge >= 0.3 is 6.18 Å². The van der Waals surface area contributed by atoms with Crippen LogP contribution in [0.3, 0.4) is 0 Å². The molecule has 0 aliphatic carbocycles. The first-order valence-corrected chi connectivity index (χ1v) is 5.47. The predicted molar refractivity (Wildman–Crippen MR) is 57.6 cm³/mol. The number of pyridine rings is 1. The van der Waals surface area contributed by atoms with E-state index in [9.17, 15) is 13.2 Å². The predicted octanol–water partition coefficient (Wildman–Crippen LogP) is 4.22. The lowest BCUT2D eigenvalue weighted by Crippen LogP contribution is -2.17. The van der Waals surface area contributed by atoms with Crippen LogP contribution in [0.15, 0.2) is 18.3 Å². The van der Waals surface area contributed by atoms with Crippen LogP contribution in [-0.4, -0.2) is 10.4 Å². The Bertz CT molecular complexity index is 349. The summed E-state index contributed by atoms with van der Waals surface area (Å²) < 4.78 is 38.2. The molecule has 0 radical (unpaired) electrons. The molecule has 16 heavy (non-hydrogen) atoms. The van der Waals surface area contributed by atoms with Crippen molar-refractivity contribution in [2.45, 2.75) is 37.7 Å². The van der Waals surface area contributed by atoms with Crippen molar-refractivity contribution in [3.8, 4) is 0 Å². The van der Waals surface area contributed by atoms with E-state index in [4.69, 9.17) is 11.6 Å². The molecule has 2 atom stereocenters. The van der Waals surface area contributed by atoms with Gasteiger partial charge < -0.3 is 0 Å². The largest absolute Gasteiger partial charge is 0.418 e. The Morgan fingerprint density at radius 1 is 1.44 bits per heavy atom. The van der Waals surface area contributed by atoms with Gasteiger partial charge in [0.25, 0.3) is 0 Å². The van der Waals surface area contributed by atoms with E-state index in [1.165, 1.54) is 12.3 Å². The lowest BCUT2D eigenvalue weighted by Gasteiger charge is -2.20. The zero-order valence-corrected chi connectivity index (χ0v) is 9.81. The zero-order chi connectivity index (χ0) is 12.3. The van der Waals surface area contributed by atoms with Gasteiger partial charge in [0.15, 0.2) is 0 Å². The Balaban J connectivity index is 3.22. The van der Waals surface area contributed by atoms with Crippen molar-refractivity contribution in [1.82, 2.24) is 4.98 Å². The second-order valence-corrected chi connectivity index (χ2v) is 4.31. The summed E-state index contributed by atoms with van der Waals surface area (Å²) in [7, 11) is 0. The van der Waals surface area contributed by atoms with Crippen LogP contribution in [0.1, 0.15) is 37.4 Å². The molecule has 1 aromatic rings. The van der Waals surface area contributed by atoms with Gasteiger partial charge in [0, 0.05) is 17.5 Å². The standard InChI is InChI=1S/C11H13ClF3N/c1-3-8(7(2)12)10-9(11(13,14)15)5-4-6-16-10/h4-8H,3H2,1-2H3. The lowest BCUT2D eigenvalue weighted by atomic mass is 9.94. The molecule has 1 nitrogen and oxygen atoms in total. The van der Waals surface area contributed by atoms with Crippen LogP contribution in [-0.2, 0) is 6.18 Å². The zero-order valence-electron chi connectivity index (χ0n) is 9.05. The summed E-state index contributed by atoms with van der Waals surface area (Å²) in [5, 5.41) is -0.374. The number of hydrogen-bond acceptors (Lipinski definition) is 1. The van der Waals surface area contributed by atoms with E-state index >= 15 is 0 Å². The Labute approximate surface area is 97.6 Å². The molecule has 1 aromatic heterocycles. The third kappa shape index (κ3) is 2.88. The summed E-state index contributed by atoms with van der Waals surface area (Å²) in [6, 6.07) is 2.34. The van der Waals surface area contributed by atoms with Crippen molar-refractivity contribution in [3.63, 3.8) is 0 Å². The minimum atomic E-state index is -4.37. The van der Waals surface area contributed by atoms with Gasteiger partial charge in [-0.05, 0) is 25.5 Å². The minimum Gasteiger partial charge on any atom is -0.260 e. The fourth-order valence-electron chi connectivity index (χ4n) is 1.69. The molecule has 0 aromatic carbocycles. The Hall–Kier alpha value is -0.770. The quantitative estimate of drug-likeness (QED) is 0.733. The van der Waals surface area contributed by atoms with E-state index in [0.717, 1.165) is 6.07 Å². The average Bonchev–Trinajstić information content (AvgIpc) is 2.17. The number of hydrogen-bond donors (Lipinski definition) is 0. The first kappa shape index (κ1) is 13.3. The molecule has 0 saturated carbocycles. The van der Waals surface area contributed by atoms with Gasteiger partial charge in [0.05, 0.1) is 11.3 Å². The van der Waals surface area contributed by atoms with E-state index in [1.54, 1.807) is 13.8 Å². The van der Waals surface area contributed by atoms with Gasteiger partial charge in [-0.1, -0.05) is 6.92 Å². The van der Waals surface area contributed by atoms with E-state index in [1.807, 2.05) is 0 Å². The van der Waals surface area contributed by atoms with Gasteiger partial charge in [-0.2, -0.15) is 13.2 Å². The summed E-state index contributed by atoms with van der Waals surface area (Å²) in [6.07, 6.45) is -2.47. The Morgan fingerprint density at radius 3 is 2.50 bits per heavy atom. The minimum absolute atomic E-state index is 0.0417. The molecular weight excluding hydrogens is 239 g/mol. The van der Waals surface area contributed by atoms with Crippen LogP contribution < -0.4 is 0 Å². The molecular formula is C11H13ClF3N. The number of nitrogens with zero attached hydrogens (tertiary/aromatic N) is 1. The van der Waals surface area contributed by atoms with Crippen LogP contribution in [0.25, 0.3) is 0 Å². The monoisotopic (exact) mass is 251 g/mol. The van der Waals surface area contributed by atoms with Crippen molar-refractivity contribution < 1.29 is 13.2 Å². The molecule has 0 bridgehead atoms. The maximum Gasteiger partial charge on any atom is 0.418 e. The summed E-state index contributed by atoms with van der Waals surface area (Å²) >= 11 is 5.89. The highest BCUT2D eigenvalue weighted by molar-refractivity contribution is 6.20. The van der Waals surface area contributed by atoms with Gasteiger partial charge in [0.1, 0.15) is 0 Å². The summed E-state index contributed by atoms with van der Waals surface area (Å²) in [4.78, 5) is 3.83. The highest BCUT2D eigenvalue weighted by Crippen LogP contribution is 2.36. The molecule has 0 fully saturated rings. The first-order chi connectivity index (χ1) is 7.38. The number of alkyl halides is 4. The second-order valence-electron chi connectivity index (χ2n) is 3.63. The highest BCUT2D eigenvalue weighted by Gasteiger charge is 2.36. The normalized spacial score (nSPS) is 15.9. The molecule has 5 heteroatoms. The summed E-state index contributed by atoms with van der Waals surface area (Å²) in [6.45, 7) is 3.49. The molecule has 0 N–H and O–H groups in total. The molecule has 0 aliphatic heterocycles. The van der Waals surface area contributed by atoms with Crippen LogP contribution >= 0.6 is 11.6 Å². The third-order valence-corrected chi connectivity index (χ3v) is 2.79. The second kappa shape index (κ2) is 5.04. The van der Waals surface area contributed by atoms with Gasteiger partial charge in [0.2, 0.25) is 0 Å². The lowest BCUT2D eigenvalue weighted by molar-refractivity contribution is -0.138. The maximum atomic E-state index is 12.7.